The number of piperidine rings is 2. The molecule has 0 radical (unpaired) electrons. The highest BCUT2D eigenvalue weighted by molar-refractivity contribution is 6.03. The molecule has 10 rings (SSSR count). The van der Waals surface area contributed by atoms with Gasteiger partial charge in [0.1, 0.15) is 24.3 Å². The van der Waals surface area contributed by atoms with Crippen molar-refractivity contribution in [2.45, 2.75) is 65.0 Å². The number of hydrogen-bond acceptors (Lipinski definition) is 15. The number of likely N-dealkylation sites (tertiary alicyclic amines) is 1. The van der Waals surface area contributed by atoms with Crippen molar-refractivity contribution in [1.29, 1.82) is 0 Å². The molecule has 5 aliphatic heterocycles. The summed E-state index contributed by atoms with van der Waals surface area (Å²) in [4.78, 5) is 107. The first kappa shape index (κ1) is 54.9. The van der Waals surface area contributed by atoms with E-state index in [1.54, 1.807) is 73.3 Å². The molecule has 5 amide bonds. The number of hydrogen-bond donors (Lipinski definition) is 2. The van der Waals surface area contributed by atoms with Gasteiger partial charge in [-0.05, 0) is 88.3 Å². The van der Waals surface area contributed by atoms with Crippen LogP contribution in [-0.4, -0.2) is 201 Å². The smallest absolute Gasteiger partial charge is 0.411 e. The molecule has 2 aromatic carbocycles. The zero-order chi connectivity index (χ0) is 55.3. The van der Waals surface area contributed by atoms with Gasteiger partial charge in [0.2, 0.25) is 11.8 Å². The van der Waals surface area contributed by atoms with Gasteiger partial charge in [-0.3, -0.25) is 33.8 Å². The third-order valence-electron chi connectivity index (χ3n) is 15.9. The Morgan fingerprint density at radius 3 is 2.20 bits per heavy atom. The number of nitrogens with zero attached hydrogens (tertiary/aromatic N) is 11. The number of halogens is 1. The number of fused-ring (bicyclic) bond motifs is 1. The third-order valence-corrected chi connectivity index (χ3v) is 15.9. The molecule has 5 aromatic rings. The van der Waals surface area contributed by atoms with Crippen LogP contribution in [0.2, 0.25) is 0 Å². The molecular formula is C57H70FN13O8. The zero-order valence-corrected chi connectivity index (χ0v) is 45.3. The van der Waals surface area contributed by atoms with E-state index in [1.807, 2.05) is 23.1 Å². The van der Waals surface area contributed by atoms with E-state index in [-0.39, 0.29) is 72.5 Å². The number of carbonyl (C=O) groups is 5. The van der Waals surface area contributed by atoms with Crippen molar-refractivity contribution in [3.05, 3.63) is 118 Å². The molecule has 5 aliphatic rings. The minimum Gasteiger partial charge on any atom is -0.444 e. The highest BCUT2D eigenvalue weighted by Gasteiger charge is 2.41. The fourth-order valence-electron chi connectivity index (χ4n) is 11.2. The Morgan fingerprint density at radius 2 is 1.52 bits per heavy atom. The van der Waals surface area contributed by atoms with Crippen LogP contribution in [0.15, 0.2) is 78.1 Å². The topological polar surface area (TPSA) is 223 Å². The number of benzene rings is 2. The lowest BCUT2D eigenvalue weighted by atomic mass is 9.77. The Labute approximate surface area is 458 Å². The number of H-pyrrole nitrogens is 1. The van der Waals surface area contributed by atoms with Gasteiger partial charge >= 0.3 is 6.09 Å². The molecule has 2 N–H and O–H groups in total. The van der Waals surface area contributed by atoms with Crippen LogP contribution in [0.3, 0.4) is 0 Å². The maximum atomic E-state index is 15.2. The summed E-state index contributed by atoms with van der Waals surface area (Å²) in [5.41, 5.74) is 2.12. The highest BCUT2D eigenvalue weighted by atomic mass is 19.1. The lowest BCUT2D eigenvalue weighted by Gasteiger charge is -2.47. The second kappa shape index (κ2) is 23.9. The van der Waals surface area contributed by atoms with Gasteiger partial charge in [-0.15, -0.1) is 0 Å². The maximum Gasteiger partial charge on any atom is 0.411 e. The molecule has 8 heterocycles. The number of anilines is 2. The third kappa shape index (κ3) is 13.4. The van der Waals surface area contributed by atoms with E-state index in [4.69, 9.17) is 14.5 Å². The van der Waals surface area contributed by atoms with Crippen LogP contribution in [-0.2, 0) is 32.0 Å². The Morgan fingerprint density at radius 1 is 0.823 bits per heavy atom. The van der Waals surface area contributed by atoms with Crippen LogP contribution in [0.4, 0.5) is 20.6 Å². The number of piperazine rings is 2. The van der Waals surface area contributed by atoms with E-state index in [0.717, 1.165) is 90.4 Å². The van der Waals surface area contributed by atoms with Crippen molar-refractivity contribution in [3.63, 3.8) is 0 Å². The van der Waals surface area contributed by atoms with E-state index >= 15 is 4.39 Å². The predicted octanol–water partition coefficient (Wildman–Crippen LogP) is 4.29. The van der Waals surface area contributed by atoms with Crippen molar-refractivity contribution in [2.24, 2.45) is 11.3 Å². The SMILES string of the molecule is CC(C)(C)OC(=O)N(CC(=O)Nc1cc(N2CCC3(CC2)COC3)cnc1C(=O)N1CCC(CN2CCN(CC(=O)N3CCN(C(=O)c4cc(Cc5n[nH]c(=O)c6ccccc56)ccc4F)CC3)CC2)CC1)Cc1ccncn1. The molecular weight excluding hydrogens is 1010 g/mol. The van der Waals surface area contributed by atoms with Crippen LogP contribution < -0.4 is 15.8 Å². The van der Waals surface area contributed by atoms with Gasteiger partial charge in [0.25, 0.3) is 17.4 Å². The monoisotopic (exact) mass is 1080 g/mol. The normalized spacial score (nSPS) is 18.3. The molecule has 22 heteroatoms. The Hall–Kier alpha value is -7.43. The van der Waals surface area contributed by atoms with Crippen LogP contribution in [0, 0.1) is 17.2 Å². The van der Waals surface area contributed by atoms with Gasteiger partial charge in [-0.2, -0.15) is 5.10 Å². The molecule has 0 bridgehead atoms. The second-order valence-corrected chi connectivity index (χ2v) is 22.7. The fraction of sp³-hybridized carbons (Fsp3) is 0.509. The van der Waals surface area contributed by atoms with Crippen molar-refractivity contribution in [3.8, 4) is 0 Å². The molecule has 0 unspecified atom stereocenters. The molecule has 21 nitrogen and oxygen atoms in total. The zero-order valence-electron chi connectivity index (χ0n) is 45.3. The predicted molar refractivity (Wildman–Crippen MR) is 292 cm³/mol. The van der Waals surface area contributed by atoms with Crippen LogP contribution in [0.25, 0.3) is 10.8 Å². The van der Waals surface area contributed by atoms with Gasteiger partial charge in [-0.1, -0.05) is 24.3 Å². The number of carbonyl (C=O) groups excluding carboxylic acids is 5. The van der Waals surface area contributed by atoms with Crippen LogP contribution in [0.5, 0.6) is 0 Å². The minimum atomic E-state index is -0.807. The quantitative estimate of drug-likeness (QED) is 0.158. The van der Waals surface area contributed by atoms with Gasteiger partial charge in [0.05, 0.1) is 66.2 Å². The summed E-state index contributed by atoms with van der Waals surface area (Å²) in [5.74, 6) is -1.47. The molecule has 1 spiro atoms. The van der Waals surface area contributed by atoms with Gasteiger partial charge < -0.3 is 39.3 Å². The van der Waals surface area contributed by atoms with E-state index in [9.17, 15) is 28.8 Å². The molecule has 0 aliphatic carbocycles. The summed E-state index contributed by atoms with van der Waals surface area (Å²) in [7, 11) is 0. The molecule has 5 saturated heterocycles. The Kier molecular flexibility index (Phi) is 16.6. The number of ether oxygens (including phenoxy) is 2. The lowest BCUT2D eigenvalue weighted by molar-refractivity contribution is -0.134. The lowest BCUT2D eigenvalue weighted by Crippen LogP contribution is -2.55. The average molecular weight is 1080 g/mol. The number of amides is 5. The van der Waals surface area contributed by atoms with E-state index in [0.29, 0.717) is 66.2 Å². The van der Waals surface area contributed by atoms with Crippen molar-refractivity contribution in [1.82, 2.24) is 54.5 Å². The molecule has 79 heavy (non-hydrogen) atoms. The summed E-state index contributed by atoms with van der Waals surface area (Å²) < 4.78 is 26.4. The molecule has 0 atom stereocenters. The van der Waals surface area contributed by atoms with Gasteiger partial charge in [0.15, 0.2) is 5.69 Å². The number of aromatic nitrogens is 5. The molecule has 5 fully saturated rings. The summed E-state index contributed by atoms with van der Waals surface area (Å²) >= 11 is 0. The average Bonchev–Trinajstić information content (AvgIpc) is 3.50. The maximum absolute atomic E-state index is 15.2. The number of rotatable bonds is 14. The Balaban J connectivity index is 0.692. The summed E-state index contributed by atoms with van der Waals surface area (Å²) in [5, 5.41) is 10.9. The Bertz CT molecular complexity index is 3080. The highest BCUT2D eigenvalue weighted by Crippen LogP contribution is 2.40. The number of pyridine rings is 1. The van der Waals surface area contributed by atoms with E-state index in [1.165, 1.54) is 17.3 Å². The minimum absolute atomic E-state index is 0.00323. The standard InChI is InChI=1S/C57H70FN13O8/c1-56(2,3)79-55(77)71(33-41-10-15-59-38-61-41)34-49(72)62-48-30-42(67-18-13-57(14-19-67)36-78-37-57)31-60-51(48)54(76)69-16-11-39(12-17-69)32-65-20-22-66(23-21-65)35-50(73)68-24-26-70(27-25-68)53(75)45-28-40(8-9-46(45)58)29-47-43-6-4-5-7-44(43)52(74)64-63-47/h4-10,15,28,30-31,38-39H,11-14,16-27,29,32-37H2,1-3H3,(H,62,72)(H,64,74). The van der Waals surface area contributed by atoms with Crippen LogP contribution >= 0.6 is 0 Å². The molecule has 3 aromatic heterocycles. The van der Waals surface area contributed by atoms with Gasteiger partial charge in [0, 0.05) is 109 Å². The van der Waals surface area contributed by atoms with E-state index in [2.05, 4.69) is 40.2 Å². The first-order valence-corrected chi connectivity index (χ1v) is 27.5. The van der Waals surface area contributed by atoms with Crippen molar-refractivity contribution < 1.29 is 37.8 Å². The summed E-state index contributed by atoms with van der Waals surface area (Å²) in [6.07, 6.45) is 7.82. The first-order valence-electron chi connectivity index (χ1n) is 27.5. The second-order valence-electron chi connectivity index (χ2n) is 22.7. The van der Waals surface area contributed by atoms with Crippen molar-refractivity contribution in [2.75, 3.05) is 122 Å². The van der Waals surface area contributed by atoms with Crippen molar-refractivity contribution >= 4 is 51.9 Å². The molecule has 418 valence electrons. The largest absolute Gasteiger partial charge is 0.444 e. The fourth-order valence-corrected chi connectivity index (χ4v) is 11.2. The first-order chi connectivity index (χ1) is 38.0. The molecule has 0 saturated carbocycles. The number of aromatic amines is 1. The number of nitrogens with one attached hydrogen (secondary N) is 2. The van der Waals surface area contributed by atoms with Gasteiger partial charge in [-0.25, -0.2) is 29.2 Å². The summed E-state index contributed by atoms with van der Waals surface area (Å²) in [6.45, 7) is 14.7. The summed E-state index contributed by atoms with van der Waals surface area (Å²) in [6, 6.07) is 15.1. The van der Waals surface area contributed by atoms with E-state index < -0.39 is 29.3 Å². The van der Waals surface area contributed by atoms with Crippen LogP contribution in [0.1, 0.15) is 84.3 Å².